The van der Waals surface area contributed by atoms with Gasteiger partial charge >= 0.3 is 0 Å². The number of hydrogen-bond acceptors (Lipinski definition) is 1. The maximum atomic E-state index is 12.7. The molecule has 0 atom stereocenters. The largest absolute Gasteiger partial charge is 0.353 e. The highest BCUT2D eigenvalue weighted by Gasteiger charge is 2.43. The summed E-state index contributed by atoms with van der Waals surface area (Å²) in [6.07, 6.45) is 7.96. The molecule has 0 saturated heterocycles. The van der Waals surface area contributed by atoms with Crippen LogP contribution in [0.2, 0.25) is 0 Å². The van der Waals surface area contributed by atoms with Gasteiger partial charge in [0.05, 0.1) is 5.41 Å². The van der Waals surface area contributed by atoms with Crippen LogP contribution < -0.4 is 5.32 Å². The summed E-state index contributed by atoms with van der Waals surface area (Å²) in [7, 11) is 0. The lowest BCUT2D eigenvalue weighted by Gasteiger charge is -2.34. The molecule has 18 heavy (non-hydrogen) atoms. The van der Waals surface area contributed by atoms with Gasteiger partial charge in [0.25, 0.3) is 0 Å². The van der Waals surface area contributed by atoms with Crippen molar-refractivity contribution in [3.63, 3.8) is 0 Å². The summed E-state index contributed by atoms with van der Waals surface area (Å²) in [6, 6.07) is 10.8. The van der Waals surface area contributed by atoms with E-state index in [1.54, 1.807) is 0 Å². The topological polar surface area (TPSA) is 29.1 Å². The fourth-order valence-corrected chi connectivity index (χ4v) is 3.26. The lowest BCUT2D eigenvalue weighted by molar-refractivity contribution is -0.128. The van der Waals surface area contributed by atoms with E-state index < -0.39 is 0 Å². The molecule has 1 aromatic rings. The van der Waals surface area contributed by atoms with E-state index in [1.165, 1.54) is 24.8 Å². The summed E-state index contributed by atoms with van der Waals surface area (Å²) >= 11 is 0. The van der Waals surface area contributed by atoms with Crippen molar-refractivity contribution in [3.05, 3.63) is 35.9 Å². The van der Waals surface area contributed by atoms with Crippen molar-refractivity contribution >= 4 is 5.91 Å². The van der Waals surface area contributed by atoms with Gasteiger partial charge in [0.1, 0.15) is 0 Å². The first-order valence-corrected chi connectivity index (χ1v) is 7.18. The Morgan fingerprint density at radius 2 is 1.72 bits per heavy atom. The zero-order valence-corrected chi connectivity index (χ0v) is 10.8. The summed E-state index contributed by atoms with van der Waals surface area (Å²) < 4.78 is 0. The number of amides is 1. The van der Waals surface area contributed by atoms with Crippen LogP contribution >= 0.6 is 0 Å². The van der Waals surface area contributed by atoms with Crippen LogP contribution in [0.3, 0.4) is 0 Å². The van der Waals surface area contributed by atoms with E-state index in [2.05, 4.69) is 17.4 Å². The van der Waals surface area contributed by atoms with Gasteiger partial charge in [-0.15, -0.1) is 0 Å². The molecule has 0 aliphatic heterocycles. The molecule has 2 heteroatoms. The first kappa shape index (κ1) is 11.8. The molecule has 2 nitrogen and oxygen atoms in total. The average Bonchev–Trinajstić information content (AvgIpc) is 2.85. The predicted octanol–water partition coefficient (Wildman–Crippen LogP) is 3.17. The van der Waals surface area contributed by atoms with Gasteiger partial charge in [0, 0.05) is 6.04 Å². The van der Waals surface area contributed by atoms with Gasteiger partial charge in [-0.2, -0.15) is 0 Å². The Bertz CT molecular complexity index is 416. The van der Waals surface area contributed by atoms with Crippen LogP contribution in [-0.2, 0) is 10.2 Å². The molecule has 96 valence electrons. The van der Waals surface area contributed by atoms with E-state index in [9.17, 15) is 4.79 Å². The summed E-state index contributed by atoms with van der Waals surface area (Å²) in [5, 5.41) is 3.26. The van der Waals surface area contributed by atoms with Crippen LogP contribution in [0.4, 0.5) is 0 Å². The van der Waals surface area contributed by atoms with Crippen LogP contribution in [0, 0.1) is 0 Å². The molecule has 3 rings (SSSR count). The smallest absolute Gasteiger partial charge is 0.230 e. The van der Waals surface area contributed by atoms with E-state index in [4.69, 9.17) is 0 Å². The molecule has 0 radical (unpaired) electrons. The van der Waals surface area contributed by atoms with Crippen LogP contribution in [-0.4, -0.2) is 11.9 Å². The molecule has 0 unspecified atom stereocenters. The van der Waals surface area contributed by atoms with E-state index >= 15 is 0 Å². The van der Waals surface area contributed by atoms with Gasteiger partial charge < -0.3 is 5.32 Å². The maximum absolute atomic E-state index is 12.7. The zero-order valence-electron chi connectivity index (χ0n) is 10.8. The van der Waals surface area contributed by atoms with E-state index in [-0.39, 0.29) is 11.3 Å². The van der Waals surface area contributed by atoms with Gasteiger partial charge in [-0.25, -0.2) is 0 Å². The van der Waals surface area contributed by atoms with E-state index in [1.807, 2.05) is 18.2 Å². The van der Waals surface area contributed by atoms with Crippen molar-refractivity contribution in [2.75, 3.05) is 0 Å². The molecular weight excluding hydrogens is 222 g/mol. The van der Waals surface area contributed by atoms with Crippen molar-refractivity contribution in [1.29, 1.82) is 0 Å². The Hall–Kier alpha value is -1.31. The van der Waals surface area contributed by atoms with Crippen LogP contribution in [0.1, 0.15) is 50.5 Å². The molecule has 2 fully saturated rings. The minimum absolute atomic E-state index is 0.239. The first-order chi connectivity index (χ1) is 8.81. The third-order valence-corrected chi connectivity index (χ3v) is 4.66. The summed E-state index contributed by atoms with van der Waals surface area (Å²) in [4.78, 5) is 12.7. The quantitative estimate of drug-likeness (QED) is 0.868. The van der Waals surface area contributed by atoms with Crippen molar-refractivity contribution in [3.8, 4) is 0 Å². The van der Waals surface area contributed by atoms with Crippen molar-refractivity contribution in [2.45, 2.75) is 56.4 Å². The molecule has 2 aliphatic rings. The standard InChI is InChI=1S/C16H21NO/c18-15(17-14-9-6-10-14)16(11-4-5-12-16)13-7-2-1-3-8-13/h1-3,7-8,14H,4-6,9-12H2,(H,17,18). The molecule has 1 N–H and O–H groups in total. The Morgan fingerprint density at radius 1 is 1.06 bits per heavy atom. The second-order valence-corrected chi connectivity index (χ2v) is 5.76. The van der Waals surface area contributed by atoms with Gasteiger partial charge in [-0.3, -0.25) is 4.79 Å². The van der Waals surface area contributed by atoms with Crippen molar-refractivity contribution < 1.29 is 4.79 Å². The van der Waals surface area contributed by atoms with Gasteiger partial charge in [0.15, 0.2) is 0 Å². The number of carbonyl (C=O) groups is 1. The van der Waals surface area contributed by atoms with Gasteiger partial charge in [-0.05, 0) is 37.7 Å². The van der Waals surface area contributed by atoms with Crippen LogP contribution in [0.25, 0.3) is 0 Å². The highest BCUT2D eigenvalue weighted by molar-refractivity contribution is 5.88. The van der Waals surface area contributed by atoms with Crippen LogP contribution in [0.5, 0.6) is 0 Å². The third kappa shape index (κ3) is 1.94. The lowest BCUT2D eigenvalue weighted by atomic mass is 9.77. The maximum Gasteiger partial charge on any atom is 0.230 e. The van der Waals surface area contributed by atoms with Gasteiger partial charge in [0.2, 0.25) is 5.91 Å². The SMILES string of the molecule is O=C(NC1CCC1)C1(c2ccccc2)CCCC1. The van der Waals surface area contributed by atoms with Crippen LogP contribution in [0.15, 0.2) is 30.3 Å². The number of hydrogen-bond donors (Lipinski definition) is 1. The highest BCUT2D eigenvalue weighted by Crippen LogP contribution is 2.41. The molecule has 0 bridgehead atoms. The number of rotatable bonds is 3. The Morgan fingerprint density at radius 3 is 2.28 bits per heavy atom. The van der Waals surface area contributed by atoms with Crippen molar-refractivity contribution in [1.82, 2.24) is 5.32 Å². The van der Waals surface area contributed by atoms with Crippen molar-refractivity contribution in [2.24, 2.45) is 0 Å². The number of benzene rings is 1. The van der Waals surface area contributed by atoms with E-state index in [0.29, 0.717) is 6.04 Å². The second-order valence-electron chi connectivity index (χ2n) is 5.76. The summed E-state index contributed by atoms with van der Waals surface area (Å²) in [5.41, 5.74) is 0.968. The highest BCUT2D eigenvalue weighted by atomic mass is 16.2. The lowest BCUT2D eigenvalue weighted by Crippen LogP contribution is -2.49. The Labute approximate surface area is 109 Å². The Kier molecular flexibility index (Phi) is 3.11. The minimum atomic E-state index is -0.239. The molecule has 2 saturated carbocycles. The molecular formula is C16H21NO. The average molecular weight is 243 g/mol. The Balaban J connectivity index is 1.84. The predicted molar refractivity (Wildman–Crippen MR) is 72.4 cm³/mol. The second kappa shape index (κ2) is 4.75. The zero-order chi connectivity index (χ0) is 12.4. The fraction of sp³-hybridized carbons (Fsp3) is 0.562. The molecule has 0 spiro atoms. The summed E-state index contributed by atoms with van der Waals surface area (Å²) in [6.45, 7) is 0. The minimum Gasteiger partial charge on any atom is -0.353 e. The molecule has 2 aliphatic carbocycles. The summed E-state index contributed by atoms with van der Waals surface area (Å²) in [5.74, 6) is 0.274. The van der Waals surface area contributed by atoms with E-state index in [0.717, 1.165) is 25.7 Å². The molecule has 0 aromatic heterocycles. The normalized spacial score (nSPS) is 22.4. The molecule has 1 aromatic carbocycles. The monoisotopic (exact) mass is 243 g/mol. The number of nitrogens with one attached hydrogen (secondary N) is 1. The molecule has 1 amide bonds. The third-order valence-electron chi connectivity index (χ3n) is 4.66. The molecule has 0 heterocycles. The number of carbonyl (C=O) groups excluding carboxylic acids is 1. The first-order valence-electron chi connectivity index (χ1n) is 7.18. The van der Waals surface area contributed by atoms with Gasteiger partial charge in [-0.1, -0.05) is 43.2 Å². The fourth-order valence-electron chi connectivity index (χ4n) is 3.26.